The van der Waals surface area contributed by atoms with Crippen LogP contribution in [0.5, 0.6) is 11.5 Å². The van der Waals surface area contributed by atoms with Crippen molar-refractivity contribution < 1.29 is 9.47 Å². The molecule has 3 heteroatoms. The van der Waals surface area contributed by atoms with Gasteiger partial charge in [-0.05, 0) is 41.8 Å². The van der Waals surface area contributed by atoms with Crippen molar-refractivity contribution in [3.63, 3.8) is 0 Å². The lowest BCUT2D eigenvalue weighted by Gasteiger charge is -2.21. The van der Waals surface area contributed by atoms with Crippen molar-refractivity contribution >= 4 is 0 Å². The number of hydrogen-bond acceptors (Lipinski definition) is 3. The van der Waals surface area contributed by atoms with E-state index in [0.717, 1.165) is 36.6 Å². The van der Waals surface area contributed by atoms with E-state index in [2.05, 4.69) is 29.6 Å². The molecular weight excluding hydrogens is 250 g/mol. The van der Waals surface area contributed by atoms with E-state index in [-0.39, 0.29) is 0 Å². The predicted octanol–water partition coefficient (Wildman–Crippen LogP) is 3.02. The first-order valence-corrected chi connectivity index (χ1v) is 6.87. The summed E-state index contributed by atoms with van der Waals surface area (Å²) in [4.78, 5) is 0. The Morgan fingerprint density at radius 1 is 1.00 bits per heavy atom. The number of rotatable bonds is 3. The van der Waals surface area contributed by atoms with E-state index < -0.39 is 0 Å². The molecule has 0 bridgehead atoms. The van der Waals surface area contributed by atoms with Gasteiger partial charge in [-0.25, -0.2) is 0 Å². The number of benzene rings is 2. The summed E-state index contributed by atoms with van der Waals surface area (Å²) in [6.07, 6.45) is 1.06. The molecule has 1 aliphatic heterocycles. The fourth-order valence-corrected chi connectivity index (χ4v) is 2.81. The van der Waals surface area contributed by atoms with Gasteiger partial charge in [0.2, 0.25) is 0 Å². The minimum absolute atomic E-state index is 0.817. The standard InChI is InChI=1S/C17H19NO2/c1-19-13-6-7-16(17(10-13)20-2)15-5-3-4-12-11-18-9-8-14(12)15/h3-7,10,18H,8-9,11H2,1-2H3. The Balaban J connectivity index is 2.13. The van der Waals surface area contributed by atoms with Crippen LogP contribution in [0.25, 0.3) is 11.1 Å². The van der Waals surface area contributed by atoms with Gasteiger partial charge in [-0.2, -0.15) is 0 Å². The summed E-state index contributed by atoms with van der Waals surface area (Å²) in [5.41, 5.74) is 5.21. The number of ether oxygens (including phenoxy) is 2. The Bertz CT molecular complexity index is 622. The largest absolute Gasteiger partial charge is 0.497 e. The Morgan fingerprint density at radius 3 is 2.70 bits per heavy atom. The van der Waals surface area contributed by atoms with Crippen LogP contribution in [-0.4, -0.2) is 20.8 Å². The van der Waals surface area contributed by atoms with Gasteiger partial charge >= 0.3 is 0 Å². The van der Waals surface area contributed by atoms with Gasteiger partial charge in [0.25, 0.3) is 0 Å². The Kier molecular flexibility index (Phi) is 3.61. The van der Waals surface area contributed by atoms with Crippen LogP contribution in [0, 0.1) is 0 Å². The molecule has 2 aromatic carbocycles. The van der Waals surface area contributed by atoms with Crippen LogP contribution in [0.2, 0.25) is 0 Å². The highest BCUT2D eigenvalue weighted by Gasteiger charge is 2.16. The third-order valence-electron chi connectivity index (χ3n) is 3.84. The molecule has 0 spiro atoms. The molecule has 3 rings (SSSR count). The van der Waals surface area contributed by atoms with Crippen molar-refractivity contribution in [2.75, 3.05) is 20.8 Å². The number of nitrogens with one attached hydrogen (secondary N) is 1. The van der Waals surface area contributed by atoms with Crippen molar-refractivity contribution in [3.8, 4) is 22.6 Å². The molecule has 1 heterocycles. The fraction of sp³-hybridized carbons (Fsp3) is 0.294. The maximum Gasteiger partial charge on any atom is 0.130 e. The summed E-state index contributed by atoms with van der Waals surface area (Å²) in [5, 5.41) is 3.42. The highest BCUT2D eigenvalue weighted by molar-refractivity contribution is 5.75. The lowest BCUT2D eigenvalue weighted by molar-refractivity contribution is 0.395. The van der Waals surface area contributed by atoms with Gasteiger partial charge in [-0.1, -0.05) is 18.2 Å². The van der Waals surface area contributed by atoms with Gasteiger partial charge in [0, 0.05) is 18.2 Å². The van der Waals surface area contributed by atoms with Crippen molar-refractivity contribution in [3.05, 3.63) is 47.5 Å². The molecule has 0 fully saturated rings. The number of methoxy groups -OCH3 is 2. The molecule has 0 aromatic heterocycles. The minimum atomic E-state index is 0.817. The first-order chi connectivity index (χ1) is 9.83. The molecule has 20 heavy (non-hydrogen) atoms. The molecule has 1 N–H and O–H groups in total. The Labute approximate surface area is 119 Å². The smallest absolute Gasteiger partial charge is 0.130 e. The second-order valence-corrected chi connectivity index (χ2v) is 4.94. The molecule has 0 aliphatic carbocycles. The molecule has 0 saturated carbocycles. The Morgan fingerprint density at radius 2 is 1.90 bits per heavy atom. The average molecular weight is 269 g/mol. The lowest BCUT2D eigenvalue weighted by Crippen LogP contribution is -2.24. The zero-order valence-corrected chi connectivity index (χ0v) is 11.9. The zero-order chi connectivity index (χ0) is 13.9. The summed E-state index contributed by atoms with van der Waals surface area (Å²) < 4.78 is 10.8. The topological polar surface area (TPSA) is 30.5 Å². The van der Waals surface area contributed by atoms with Crippen LogP contribution in [-0.2, 0) is 13.0 Å². The van der Waals surface area contributed by atoms with Crippen molar-refractivity contribution in [1.29, 1.82) is 0 Å². The average Bonchev–Trinajstić information content (AvgIpc) is 2.53. The molecule has 0 saturated heterocycles. The summed E-state index contributed by atoms with van der Waals surface area (Å²) in [6.45, 7) is 1.98. The highest BCUT2D eigenvalue weighted by atomic mass is 16.5. The number of fused-ring (bicyclic) bond motifs is 1. The van der Waals surface area contributed by atoms with E-state index >= 15 is 0 Å². The highest BCUT2D eigenvalue weighted by Crippen LogP contribution is 2.36. The van der Waals surface area contributed by atoms with Gasteiger partial charge in [0.1, 0.15) is 11.5 Å². The zero-order valence-electron chi connectivity index (χ0n) is 11.9. The maximum atomic E-state index is 5.54. The SMILES string of the molecule is COc1ccc(-c2cccc3c2CCNC3)c(OC)c1. The van der Waals surface area contributed by atoms with Gasteiger partial charge in [-0.15, -0.1) is 0 Å². The second-order valence-electron chi connectivity index (χ2n) is 4.94. The molecule has 3 nitrogen and oxygen atoms in total. The summed E-state index contributed by atoms with van der Waals surface area (Å²) in [7, 11) is 3.37. The second kappa shape index (κ2) is 5.55. The molecule has 2 aromatic rings. The summed E-state index contributed by atoms with van der Waals surface area (Å²) >= 11 is 0. The van der Waals surface area contributed by atoms with Gasteiger partial charge in [-0.3, -0.25) is 0 Å². The van der Waals surface area contributed by atoms with E-state index in [1.807, 2.05) is 12.1 Å². The van der Waals surface area contributed by atoms with Crippen LogP contribution in [0.3, 0.4) is 0 Å². The molecule has 0 atom stereocenters. The fourth-order valence-electron chi connectivity index (χ4n) is 2.81. The predicted molar refractivity (Wildman–Crippen MR) is 80.4 cm³/mol. The monoisotopic (exact) mass is 269 g/mol. The van der Waals surface area contributed by atoms with Gasteiger partial charge in [0.15, 0.2) is 0 Å². The van der Waals surface area contributed by atoms with Crippen LogP contribution < -0.4 is 14.8 Å². The molecule has 0 unspecified atom stereocenters. The van der Waals surface area contributed by atoms with E-state index in [1.165, 1.54) is 16.7 Å². The molecule has 104 valence electrons. The molecule has 0 radical (unpaired) electrons. The van der Waals surface area contributed by atoms with E-state index in [0.29, 0.717) is 0 Å². The first kappa shape index (κ1) is 13.0. The lowest BCUT2D eigenvalue weighted by atomic mass is 9.91. The molecule has 0 amide bonds. The third kappa shape index (κ3) is 2.25. The van der Waals surface area contributed by atoms with Crippen molar-refractivity contribution in [1.82, 2.24) is 5.32 Å². The Hall–Kier alpha value is -2.00. The van der Waals surface area contributed by atoms with Crippen LogP contribution in [0.4, 0.5) is 0 Å². The third-order valence-corrected chi connectivity index (χ3v) is 3.84. The van der Waals surface area contributed by atoms with E-state index in [1.54, 1.807) is 14.2 Å². The summed E-state index contributed by atoms with van der Waals surface area (Å²) in [6, 6.07) is 12.5. The number of hydrogen-bond donors (Lipinski definition) is 1. The van der Waals surface area contributed by atoms with E-state index in [4.69, 9.17) is 9.47 Å². The van der Waals surface area contributed by atoms with Crippen molar-refractivity contribution in [2.24, 2.45) is 0 Å². The molecular formula is C17H19NO2. The first-order valence-electron chi connectivity index (χ1n) is 6.87. The van der Waals surface area contributed by atoms with Crippen LogP contribution in [0.15, 0.2) is 36.4 Å². The molecule has 1 aliphatic rings. The normalized spacial score (nSPS) is 13.7. The van der Waals surface area contributed by atoms with E-state index in [9.17, 15) is 0 Å². The minimum Gasteiger partial charge on any atom is -0.497 e. The van der Waals surface area contributed by atoms with Crippen LogP contribution >= 0.6 is 0 Å². The quantitative estimate of drug-likeness (QED) is 0.929. The van der Waals surface area contributed by atoms with Gasteiger partial charge < -0.3 is 14.8 Å². The van der Waals surface area contributed by atoms with Crippen LogP contribution in [0.1, 0.15) is 11.1 Å². The summed E-state index contributed by atoms with van der Waals surface area (Å²) in [5.74, 6) is 1.67. The van der Waals surface area contributed by atoms with Crippen molar-refractivity contribution in [2.45, 2.75) is 13.0 Å². The van der Waals surface area contributed by atoms with Gasteiger partial charge in [0.05, 0.1) is 14.2 Å². The maximum absolute atomic E-state index is 5.54.